The van der Waals surface area contributed by atoms with Gasteiger partial charge in [0.15, 0.2) is 0 Å². The van der Waals surface area contributed by atoms with Gasteiger partial charge in [0.05, 0.1) is 13.0 Å². The first-order chi connectivity index (χ1) is 14.6. The van der Waals surface area contributed by atoms with Gasteiger partial charge in [-0.25, -0.2) is 4.39 Å². The van der Waals surface area contributed by atoms with Gasteiger partial charge >= 0.3 is 0 Å². The van der Waals surface area contributed by atoms with Crippen LogP contribution in [-0.4, -0.2) is 17.9 Å². The van der Waals surface area contributed by atoms with E-state index in [1.807, 2.05) is 42.5 Å². The maximum Gasteiger partial charge on any atom is 0.258 e. The molecule has 4 rings (SSSR count). The minimum absolute atomic E-state index is 0.0220. The Bertz CT molecular complexity index is 1010. The quantitative estimate of drug-likeness (QED) is 0.633. The second kappa shape index (κ2) is 8.91. The Morgan fingerprint density at radius 2 is 1.50 bits per heavy atom. The molecule has 1 aliphatic carbocycles. The molecule has 0 aliphatic heterocycles. The fourth-order valence-corrected chi connectivity index (χ4v) is 3.27. The molecule has 5 heteroatoms. The number of benzene rings is 3. The Morgan fingerprint density at radius 3 is 2.13 bits per heavy atom. The fraction of sp³-hybridized carbons (Fsp3) is 0.200. The SMILES string of the molecule is O=C(Cc1ccc(N(Cc2ccc(F)cc2)C(=O)c2ccccc2)cc1)NC1CC1. The Hall–Kier alpha value is -3.47. The molecule has 2 amide bonds. The van der Waals surface area contributed by atoms with Crippen LogP contribution in [0.3, 0.4) is 0 Å². The fourth-order valence-electron chi connectivity index (χ4n) is 3.27. The van der Waals surface area contributed by atoms with E-state index in [0.29, 0.717) is 24.6 Å². The summed E-state index contributed by atoms with van der Waals surface area (Å²) in [6, 6.07) is 23.0. The Balaban J connectivity index is 1.55. The minimum Gasteiger partial charge on any atom is -0.353 e. The van der Waals surface area contributed by atoms with Crippen molar-refractivity contribution in [2.24, 2.45) is 0 Å². The van der Waals surface area contributed by atoms with Crippen LogP contribution in [0.4, 0.5) is 10.1 Å². The molecule has 3 aromatic rings. The molecule has 0 spiro atoms. The van der Waals surface area contributed by atoms with Gasteiger partial charge in [0.1, 0.15) is 5.82 Å². The Morgan fingerprint density at radius 1 is 0.867 bits per heavy atom. The number of amides is 2. The molecular weight excluding hydrogens is 379 g/mol. The predicted octanol–water partition coefficient (Wildman–Crippen LogP) is 4.49. The highest BCUT2D eigenvalue weighted by molar-refractivity contribution is 6.06. The van der Waals surface area contributed by atoms with Gasteiger partial charge in [-0.2, -0.15) is 0 Å². The lowest BCUT2D eigenvalue weighted by atomic mass is 10.1. The molecular formula is C25H23FN2O2. The van der Waals surface area contributed by atoms with Gasteiger partial charge in [-0.1, -0.05) is 42.5 Å². The highest BCUT2D eigenvalue weighted by atomic mass is 19.1. The molecule has 0 bridgehead atoms. The molecule has 152 valence electrons. The molecule has 1 aliphatic rings. The van der Waals surface area contributed by atoms with Gasteiger partial charge in [0.2, 0.25) is 5.91 Å². The first-order valence-corrected chi connectivity index (χ1v) is 10.1. The molecule has 0 heterocycles. The van der Waals surface area contributed by atoms with Crippen LogP contribution in [0.1, 0.15) is 34.3 Å². The first kappa shape index (κ1) is 19.8. The molecule has 0 saturated heterocycles. The van der Waals surface area contributed by atoms with Crippen molar-refractivity contribution in [2.75, 3.05) is 4.90 Å². The topological polar surface area (TPSA) is 49.4 Å². The summed E-state index contributed by atoms with van der Waals surface area (Å²) in [5, 5.41) is 2.98. The van der Waals surface area contributed by atoms with Crippen LogP contribution in [0.2, 0.25) is 0 Å². The summed E-state index contributed by atoms with van der Waals surface area (Å²) in [7, 11) is 0. The van der Waals surface area contributed by atoms with Crippen molar-refractivity contribution in [1.29, 1.82) is 0 Å². The zero-order chi connectivity index (χ0) is 20.9. The van der Waals surface area contributed by atoms with E-state index in [0.717, 1.165) is 29.7 Å². The van der Waals surface area contributed by atoms with Crippen LogP contribution in [-0.2, 0) is 17.8 Å². The Kier molecular flexibility index (Phi) is 5.89. The summed E-state index contributed by atoms with van der Waals surface area (Å²) in [6.07, 6.45) is 2.44. The first-order valence-electron chi connectivity index (χ1n) is 10.1. The number of halogens is 1. The van der Waals surface area contributed by atoms with E-state index >= 15 is 0 Å². The van der Waals surface area contributed by atoms with Crippen molar-refractivity contribution in [1.82, 2.24) is 5.32 Å². The van der Waals surface area contributed by atoms with E-state index in [1.165, 1.54) is 12.1 Å². The smallest absolute Gasteiger partial charge is 0.258 e. The van der Waals surface area contributed by atoms with E-state index in [4.69, 9.17) is 0 Å². The van der Waals surface area contributed by atoms with Crippen LogP contribution < -0.4 is 10.2 Å². The maximum atomic E-state index is 13.3. The summed E-state index contributed by atoms with van der Waals surface area (Å²) >= 11 is 0. The van der Waals surface area contributed by atoms with Crippen molar-refractivity contribution in [3.63, 3.8) is 0 Å². The van der Waals surface area contributed by atoms with Gasteiger partial charge in [-0.15, -0.1) is 0 Å². The molecule has 0 radical (unpaired) electrons. The molecule has 1 fully saturated rings. The summed E-state index contributed by atoms with van der Waals surface area (Å²) in [6.45, 7) is 0.315. The van der Waals surface area contributed by atoms with Crippen molar-refractivity contribution in [3.05, 3.63) is 101 Å². The molecule has 30 heavy (non-hydrogen) atoms. The summed E-state index contributed by atoms with van der Waals surface area (Å²) in [5.74, 6) is -0.429. The molecule has 0 aromatic heterocycles. The number of hydrogen-bond donors (Lipinski definition) is 1. The number of hydrogen-bond acceptors (Lipinski definition) is 2. The monoisotopic (exact) mass is 402 g/mol. The third-order valence-electron chi connectivity index (χ3n) is 5.07. The predicted molar refractivity (Wildman–Crippen MR) is 115 cm³/mol. The number of carbonyl (C=O) groups is 2. The molecule has 0 atom stereocenters. The lowest BCUT2D eigenvalue weighted by Gasteiger charge is -2.23. The zero-order valence-corrected chi connectivity index (χ0v) is 16.6. The summed E-state index contributed by atoms with van der Waals surface area (Å²) in [5.41, 5.74) is 3.02. The standard InChI is InChI=1S/C25H23FN2O2/c26-21-10-6-19(7-11-21)17-28(25(30)20-4-2-1-3-5-20)23-14-8-18(9-15-23)16-24(29)27-22-12-13-22/h1-11,14-15,22H,12-13,16-17H2,(H,27,29). The van der Waals surface area contributed by atoms with E-state index in [9.17, 15) is 14.0 Å². The normalized spacial score (nSPS) is 13.0. The molecule has 1 saturated carbocycles. The zero-order valence-electron chi connectivity index (χ0n) is 16.6. The minimum atomic E-state index is -0.312. The van der Waals surface area contributed by atoms with Crippen LogP contribution >= 0.6 is 0 Å². The van der Waals surface area contributed by atoms with E-state index in [1.54, 1.807) is 29.2 Å². The van der Waals surface area contributed by atoms with Gasteiger partial charge in [0, 0.05) is 17.3 Å². The Labute approximate surface area is 175 Å². The van der Waals surface area contributed by atoms with Crippen molar-refractivity contribution >= 4 is 17.5 Å². The number of carbonyl (C=O) groups excluding carboxylic acids is 2. The second-order valence-electron chi connectivity index (χ2n) is 7.57. The molecule has 0 unspecified atom stereocenters. The molecule has 1 N–H and O–H groups in total. The second-order valence-corrected chi connectivity index (χ2v) is 7.57. The summed E-state index contributed by atoms with van der Waals surface area (Å²) < 4.78 is 13.3. The average Bonchev–Trinajstić information content (AvgIpc) is 3.58. The van der Waals surface area contributed by atoms with E-state index in [-0.39, 0.29) is 17.6 Å². The third-order valence-corrected chi connectivity index (χ3v) is 5.07. The van der Waals surface area contributed by atoms with Gasteiger partial charge < -0.3 is 10.2 Å². The average molecular weight is 402 g/mol. The van der Waals surface area contributed by atoms with Gasteiger partial charge in [-0.3, -0.25) is 9.59 Å². The molecule has 4 nitrogen and oxygen atoms in total. The largest absolute Gasteiger partial charge is 0.353 e. The van der Waals surface area contributed by atoms with Crippen molar-refractivity contribution in [3.8, 4) is 0 Å². The molecule has 3 aromatic carbocycles. The lowest BCUT2D eigenvalue weighted by Crippen LogP contribution is -2.30. The lowest BCUT2D eigenvalue weighted by molar-refractivity contribution is -0.120. The number of rotatable bonds is 7. The van der Waals surface area contributed by atoms with Crippen LogP contribution in [0, 0.1) is 5.82 Å². The van der Waals surface area contributed by atoms with Crippen molar-refractivity contribution < 1.29 is 14.0 Å². The van der Waals surface area contributed by atoms with Crippen LogP contribution in [0.5, 0.6) is 0 Å². The third kappa shape index (κ3) is 5.11. The van der Waals surface area contributed by atoms with Crippen LogP contribution in [0.25, 0.3) is 0 Å². The van der Waals surface area contributed by atoms with Crippen molar-refractivity contribution in [2.45, 2.75) is 31.8 Å². The van der Waals surface area contributed by atoms with Crippen LogP contribution in [0.15, 0.2) is 78.9 Å². The number of nitrogens with one attached hydrogen (secondary N) is 1. The van der Waals surface area contributed by atoms with E-state index < -0.39 is 0 Å². The number of anilines is 1. The van der Waals surface area contributed by atoms with Gasteiger partial charge in [-0.05, 0) is 60.4 Å². The van der Waals surface area contributed by atoms with Gasteiger partial charge in [0.25, 0.3) is 5.91 Å². The highest BCUT2D eigenvalue weighted by Gasteiger charge is 2.23. The highest BCUT2D eigenvalue weighted by Crippen LogP contribution is 2.22. The number of nitrogens with zero attached hydrogens (tertiary/aromatic N) is 1. The van der Waals surface area contributed by atoms with E-state index in [2.05, 4.69) is 5.32 Å². The maximum absolute atomic E-state index is 13.3. The summed E-state index contributed by atoms with van der Waals surface area (Å²) in [4.78, 5) is 26.9.